The first-order valence-corrected chi connectivity index (χ1v) is 14.0. The van der Waals surface area contributed by atoms with Gasteiger partial charge in [-0.05, 0) is 73.7 Å². The molecule has 0 radical (unpaired) electrons. The highest BCUT2D eigenvalue weighted by Crippen LogP contribution is 2.54. The van der Waals surface area contributed by atoms with Crippen LogP contribution < -0.4 is 9.47 Å². The molecular weight excluding hydrogens is 520 g/mol. The number of amides is 1. The van der Waals surface area contributed by atoms with E-state index in [0.29, 0.717) is 44.5 Å². The van der Waals surface area contributed by atoms with Crippen LogP contribution in [0.5, 0.6) is 11.5 Å². The van der Waals surface area contributed by atoms with Gasteiger partial charge in [-0.1, -0.05) is 30.3 Å². The number of carbonyl (C=O) groups excluding carboxylic acids is 3. The van der Waals surface area contributed by atoms with Crippen molar-refractivity contribution in [2.24, 2.45) is 0 Å². The van der Waals surface area contributed by atoms with Crippen molar-refractivity contribution in [2.75, 3.05) is 33.8 Å². The minimum atomic E-state index is -0.814. The fraction of sp³-hybridized carbons (Fsp3) is 0.424. The summed E-state index contributed by atoms with van der Waals surface area (Å²) in [5, 5.41) is 0. The average Bonchev–Trinajstić information content (AvgIpc) is 2.95. The quantitative estimate of drug-likeness (QED) is 0.189. The Kier molecular flexibility index (Phi) is 9.33. The highest BCUT2D eigenvalue weighted by Gasteiger charge is 2.61. The number of likely N-dealkylation sites (tertiary alicyclic amines) is 1. The molecule has 1 aliphatic carbocycles. The van der Waals surface area contributed by atoms with Crippen LogP contribution in [-0.2, 0) is 24.5 Å². The number of rotatable bonds is 9. The third kappa shape index (κ3) is 6.54. The molecule has 8 heteroatoms. The van der Waals surface area contributed by atoms with Crippen LogP contribution in [-0.4, -0.2) is 73.1 Å². The van der Waals surface area contributed by atoms with Gasteiger partial charge >= 0.3 is 11.9 Å². The van der Waals surface area contributed by atoms with Gasteiger partial charge in [-0.15, -0.1) is 6.58 Å². The first-order chi connectivity index (χ1) is 19.6. The zero-order valence-corrected chi connectivity index (χ0v) is 24.4. The molecule has 1 amide bonds. The molecule has 0 N–H and O–H groups in total. The van der Waals surface area contributed by atoms with Crippen LogP contribution in [0.3, 0.4) is 0 Å². The third-order valence-corrected chi connectivity index (χ3v) is 8.45. The van der Waals surface area contributed by atoms with Gasteiger partial charge < -0.3 is 19.1 Å². The first kappa shape index (κ1) is 30.1. The number of benzene rings is 2. The SMILES string of the molecule is C=CCN1CC[C@@]2(c3cccc(OC(C)=O)c3)C[C@@H](N(C)C(=O)C=Cc3cccc(OC)c3)CC[C@]2(OC(C)=O)C1. The summed E-state index contributed by atoms with van der Waals surface area (Å²) >= 11 is 0. The summed E-state index contributed by atoms with van der Waals surface area (Å²) in [6, 6.07) is 15.0. The topological polar surface area (TPSA) is 85.4 Å². The summed E-state index contributed by atoms with van der Waals surface area (Å²) in [5.74, 6) is 0.326. The van der Waals surface area contributed by atoms with Gasteiger partial charge in [0.15, 0.2) is 0 Å². The number of carbonyl (C=O) groups is 3. The van der Waals surface area contributed by atoms with Crippen LogP contribution in [0.4, 0.5) is 0 Å². The Morgan fingerprint density at radius 3 is 2.54 bits per heavy atom. The first-order valence-electron chi connectivity index (χ1n) is 14.0. The van der Waals surface area contributed by atoms with E-state index in [1.54, 1.807) is 30.2 Å². The molecule has 8 nitrogen and oxygen atoms in total. The molecule has 2 fully saturated rings. The van der Waals surface area contributed by atoms with Crippen molar-refractivity contribution >= 4 is 23.9 Å². The second-order valence-electron chi connectivity index (χ2n) is 11.0. The number of nitrogens with zero attached hydrogens (tertiary/aromatic N) is 2. The van der Waals surface area contributed by atoms with Gasteiger partial charge in [0.25, 0.3) is 0 Å². The molecule has 41 heavy (non-hydrogen) atoms. The normalized spacial score (nSPS) is 24.2. The molecule has 1 saturated heterocycles. The van der Waals surface area contributed by atoms with Crippen molar-refractivity contribution in [3.8, 4) is 11.5 Å². The van der Waals surface area contributed by atoms with E-state index in [2.05, 4.69) is 11.5 Å². The van der Waals surface area contributed by atoms with E-state index >= 15 is 0 Å². The molecule has 218 valence electrons. The predicted octanol–water partition coefficient (Wildman–Crippen LogP) is 4.78. The molecular formula is C33H40N2O6. The summed E-state index contributed by atoms with van der Waals surface area (Å²) in [4.78, 5) is 41.8. The van der Waals surface area contributed by atoms with Crippen LogP contribution in [0.2, 0.25) is 0 Å². The lowest BCUT2D eigenvalue weighted by Crippen LogP contribution is -2.68. The standard InChI is InChI=1S/C33H40N2O6/c1-6-18-35-19-17-32(27-10-8-12-30(21-27)40-24(2)36)22-28(15-16-33(32,23-35)41-25(3)37)34(4)31(38)14-13-26-9-7-11-29(20-26)39-5/h6-14,20-21,28H,1,15-19,22-23H2,2-5H3/t28-,32-,33-/m0/s1. The van der Waals surface area contributed by atoms with Crippen molar-refractivity contribution in [3.05, 3.63) is 78.4 Å². The lowest BCUT2D eigenvalue weighted by molar-refractivity contribution is -0.189. The fourth-order valence-electron chi connectivity index (χ4n) is 6.56. The maximum Gasteiger partial charge on any atom is 0.308 e. The largest absolute Gasteiger partial charge is 0.497 e. The van der Waals surface area contributed by atoms with Crippen molar-refractivity contribution in [2.45, 2.75) is 56.6 Å². The zero-order chi connectivity index (χ0) is 29.6. The number of hydrogen-bond acceptors (Lipinski definition) is 7. The summed E-state index contributed by atoms with van der Waals surface area (Å²) < 4.78 is 17.0. The van der Waals surface area contributed by atoms with Gasteiger partial charge in [0.05, 0.1) is 7.11 Å². The molecule has 1 aliphatic heterocycles. The number of hydrogen-bond donors (Lipinski definition) is 0. The second kappa shape index (κ2) is 12.7. The summed E-state index contributed by atoms with van der Waals surface area (Å²) in [6.07, 6.45) is 7.80. The van der Waals surface area contributed by atoms with Crippen molar-refractivity contribution < 1.29 is 28.6 Å². The van der Waals surface area contributed by atoms with Crippen molar-refractivity contribution in [1.29, 1.82) is 0 Å². The summed E-state index contributed by atoms with van der Waals surface area (Å²) in [5.41, 5.74) is 0.400. The van der Waals surface area contributed by atoms with Crippen LogP contribution in [0.25, 0.3) is 6.08 Å². The molecule has 0 spiro atoms. The molecule has 0 unspecified atom stereocenters. The number of methoxy groups -OCH3 is 1. The Balaban J connectivity index is 1.70. The Hall–Kier alpha value is -3.91. The Morgan fingerprint density at radius 2 is 1.83 bits per heavy atom. The number of likely N-dealkylation sites (N-methyl/N-ethyl adjacent to an activating group) is 1. The van der Waals surface area contributed by atoms with Crippen LogP contribution in [0.1, 0.15) is 50.7 Å². The van der Waals surface area contributed by atoms with Gasteiger partial charge in [-0.3, -0.25) is 19.3 Å². The zero-order valence-electron chi connectivity index (χ0n) is 24.4. The van der Waals surface area contributed by atoms with Gasteiger partial charge in [0.2, 0.25) is 5.91 Å². The second-order valence-corrected chi connectivity index (χ2v) is 11.0. The monoisotopic (exact) mass is 560 g/mol. The van der Waals surface area contributed by atoms with E-state index in [1.165, 1.54) is 13.8 Å². The number of piperidine rings is 1. The van der Waals surface area contributed by atoms with Crippen molar-refractivity contribution in [1.82, 2.24) is 9.80 Å². The van der Waals surface area contributed by atoms with E-state index in [1.807, 2.05) is 55.6 Å². The van der Waals surface area contributed by atoms with Gasteiger partial charge in [0, 0.05) is 51.5 Å². The molecule has 1 heterocycles. The Morgan fingerprint density at radius 1 is 1.07 bits per heavy atom. The minimum absolute atomic E-state index is 0.0931. The fourth-order valence-corrected chi connectivity index (χ4v) is 6.56. The minimum Gasteiger partial charge on any atom is -0.497 e. The molecule has 2 aliphatic rings. The Bertz CT molecular complexity index is 1320. The highest BCUT2D eigenvalue weighted by atomic mass is 16.6. The predicted molar refractivity (Wildman–Crippen MR) is 158 cm³/mol. The van der Waals surface area contributed by atoms with Gasteiger partial charge in [-0.25, -0.2) is 0 Å². The molecule has 1 saturated carbocycles. The average molecular weight is 561 g/mol. The van der Waals surface area contributed by atoms with Crippen LogP contribution in [0, 0.1) is 0 Å². The van der Waals surface area contributed by atoms with E-state index in [4.69, 9.17) is 14.2 Å². The van der Waals surface area contributed by atoms with E-state index < -0.39 is 17.0 Å². The molecule has 0 bridgehead atoms. The molecule has 2 aromatic carbocycles. The molecule has 2 aromatic rings. The third-order valence-electron chi connectivity index (χ3n) is 8.45. The van der Waals surface area contributed by atoms with E-state index in [-0.39, 0.29) is 17.9 Å². The van der Waals surface area contributed by atoms with Gasteiger partial charge in [0.1, 0.15) is 17.1 Å². The highest BCUT2D eigenvalue weighted by molar-refractivity contribution is 5.92. The van der Waals surface area contributed by atoms with Crippen molar-refractivity contribution in [3.63, 3.8) is 0 Å². The smallest absolute Gasteiger partial charge is 0.308 e. The van der Waals surface area contributed by atoms with Gasteiger partial charge in [-0.2, -0.15) is 0 Å². The van der Waals surface area contributed by atoms with Crippen LogP contribution in [0.15, 0.2) is 67.3 Å². The maximum atomic E-state index is 13.4. The van der Waals surface area contributed by atoms with E-state index in [0.717, 1.165) is 23.4 Å². The molecule has 4 rings (SSSR count). The number of fused-ring (bicyclic) bond motifs is 1. The maximum absolute atomic E-state index is 13.4. The number of esters is 2. The van der Waals surface area contributed by atoms with Crippen LogP contribution >= 0.6 is 0 Å². The van der Waals surface area contributed by atoms with E-state index in [9.17, 15) is 14.4 Å². The Labute approximate surface area is 242 Å². The molecule has 0 aromatic heterocycles. The lowest BCUT2D eigenvalue weighted by Gasteiger charge is -2.60. The molecule has 3 atom stereocenters. The summed E-state index contributed by atoms with van der Waals surface area (Å²) in [6.45, 7) is 8.74. The number of ether oxygens (including phenoxy) is 3. The lowest BCUT2D eigenvalue weighted by atomic mass is 9.55. The summed E-state index contributed by atoms with van der Waals surface area (Å²) in [7, 11) is 3.44.